The van der Waals surface area contributed by atoms with Crippen LogP contribution in [0.15, 0.2) is 52.9 Å². The Bertz CT molecular complexity index is 1100. The maximum Gasteiger partial charge on any atom is 0.158 e. The molecule has 0 atom stereocenters. The molecule has 0 bridgehead atoms. The zero-order chi connectivity index (χ0) is 20.9. The van der Waals surface area contributed by atoms with E-state index in [0.29, 0.717) is 27.9 Å². The Morgan fingerprint density at radius 3 is 2.87 bits per heavy atom. The lowest BCUT2D eigenvalue weighted by molar-refractivity contribution is 0.162. The van der Waals surface area contributed by atoms with E-state index in [1.807, 2.05) is 0 Å². The molecule has 0 saturated carbocycles. The number of fused-ring (bicyclic) bond motifs is 1. The number of hydrogen-bond acceptors (Lipinski definition) is 6. The Hall–Kier alpha value is -3.66. The first-order valence-corrected chi connectivity index (χ1v) is 9.48. The third kappa shape index (κ3) is 4.49. The average Bonchev–Trinajstić information content (AvgIpc) is 2.74. The predicted molar refractivity (Wildman–Crippen MR) is 111 cm³/mol. The Morgan fingerprint density at radius 1 is 1.27 bits per heavy atom. The van der Waals surface area contributed by atoms with Gasteiger partial charge in [0.1, 0.15) is 17.7 Å². The van der Waals surface area contributed by atoms with Crippen molar-refractivity contribution in [3.63, 3.8) is 0 Å². The van der Waals surface area contributed by atoms with Gasteiger partial charge >= 0.3 is 0 Å². The first-order chi connectivity index (χ1) is 14.6. The molecule has 2 heterocycles. The molecular formula is C20H20FN8O-. The molecule has 154 valence electrons. The standard InChI is InChI=1S/C20H20FN8O/c21-13-2-1-3-14(9-13)26-20-25-11-12-8-16(19(22)28-29-23)18(10-17(12)27-20)30-15-4-6-24-7-5-15/h1-3,8-11,15,24H,4-7H2,(H3-,22,23,25,26,27,28)/q-1. The molecule has 1 aliphatic rings. The van der Waals surface area contributed by atoms with Crippen LogP contribution >= 0.6 is 0 Å². The van der Waals surface area contributed by atoms with Gasteiger partial charge in [0.15, 0.2) is 5.84 Å². The van der Waals surface area contributed by atoms with Gasteiger partial charge < -0.3 is 31.1 Å². The Morgan fingerprint density at radius 2 is 2.10 bits per heavy atom. The molecular weight excluding hydrogens is 387 g/mol. The lowest BCUT2D eigenvalue weighted by atomic mass is 10.1. The molecule has 1 saturated heterocycles. The van der Waals surface area contributed by atoms with E-state index in [0.717, 1.165) is 25.9 Å². The van der Waals surface area contributed by atoms with Crippen molar-refractivity contribution in [1.29, 1.82) is 5.53 Å². The summed E-state index contributed by atoms with van der Waals surface area (Å²) in [6.07, 6.45) is 3.35. The van der Waals surface area contributed by atoms with Gasteiger partial charge in [-0.2, -0.15) is 5.53 Å². The van der Waals surface area contributed by atoms with Crippen LogP contribution in [0.2, 0.25) is 0 Å². The zero-order valence-electron chi connectivity index (χ0n) is 16.0. The molecule has 30 heavy (non-hydrogen) atoms. The Balaban J connectivity index is 1.70. The van der Waals surface area contributed by atoms with Gasteiger partial charge in [-0.15, -0.1) is 5.10 Å². The number of halogens is 1. The summed E-state index contributed by atoms with van der Waals surface area (Å²) in [5.41, 5.74) is 14.5. The lowest BCUT2D eigenvalue weighted by Crippen LogP contribution is -2.34. The second kappa shape index (κ2) is 8.78. The smallest absolute Gasteiger partial charge is 0.158 e. The number of piperidine rings is 1. The van der Waals surface area contributed by atoms with Crippen molar-refractivity contribution in [2.75, 3.05) is 13.1 Å². The summed E-state index contributed by atoms with van der Waals surface area (Å²) in [6.45, 7) is 1.75. The summed E-state index contributed by atoms with van der Waals surface area (Å²) >= 11 is 0. The summed E-state index contributed by atoms with van der Waals surface area (Å²) in [7, 11) is 0. The molecule has 1 aliphatic heterocycles. The largest absolute Gasteiger partial charge is 0.490 e. The van der Waals surface area contributed by atoms with Gasteiger partial charge in [-0.3, -0.25) is 0 Å². The van der Waals surface area contributed by atoms with Crippen LogP contribution in [0, 0.1) is 11.3 Å². The van der Waals surface area contributed by atoms with E-state index in [9.17, 15) is 4.39 Å². The molecule has 0 aliphatic carbocycles. The molecule has 10 heteroatoms. The van der Waals surface area contributed by atoms with Gasteiger partial charge in [-0.1, -0.05) is 17.4 Å². The lowest BCUT2D eigenvalue weighted by Gasteiger charge is -2.25. The quantitative estimate of drug-likeness (QED) is 0.246. The first kappa shape index (κ1) is 19.6. The minimum Gasteiger partial charge on any atom is -0.490 e. The molecule has 4 rings (SSSR count). The number of hydrogen-bond donors (Lipinski definition) is 3. The van der Waals surface area contributed by atoms with E-state index in [1.54, 1.807) is 30.5 Å². The van der Waals surface area contributed by atoms with E-state index >= 15 is 0 Å². The van der Waals surface area contributed by atoms with E-state index in [-0.39, 0.29) is 23.7 Å². The minimum atomic E-state index is -0.381. The summed E-state index contributed by atoms with van der Waals surface area (Å²) < 4.78 is 19.6. The number of nitrogens with zero attached hydrogens (tertiary/aromatic N) is 5. The third-order valence-corrected chi connectivity index (χ3v) is 4.72. The van der Waals surface area contributed by atoms with E-state index in [1.165, 1.54) is 12.1 Å². The van der Waals surface area contributed by atoms with Gasteiger partial charge in [0.2, 0.25) is 0 Å². The van der Waals surface area contributed by atoms with Crippen molar-refractivity contribution in [1.82, 2.24) is 15.3 Å². The molecule has 0 radical (unpaired) electrons. The number of aromatic nitrogens is 2. The zero-order valence-corrected chi connectivity index (χ0v) is 16.0. The Kier molecular flexibility index (Phi) is 5.75. The maximum absolute atomic E-state index is 13.4. The summed E-state index contributed by atoms with van der Waals surface area (Å²) in [4.78, 5) is 8.70. The fraction of sp³-hybridized carbons (Fsp3) is 0.250. The second-order valence-corrected chi connectivity index (χ2v) is 6.82. The third-order valence-electron chi connectivity index (χ3n) is 4.72. The molecule has 3 aromatic rings. The number of rotatable bonds is 6. The highest BCUT2D eigenvalue weighted by atomic mass is 19.1. The van der Waals surface area contributed by atoms with Crippen molar-refractivity contribution < 1.29 is 9.13 Å². The predicted octanol–water partition coefficient (Wildman–Crippen LogP) is 3.89. The number of ether oxygens (including phenoxy) is 1. The number of amidine groups is 1. The van der Waals surface area contributed by atoms with Crippen molar-refractivity contribution in [3.8, 4) is 5.75 Å². The average molecular weight is 407 g/mol. The normalized spacial score (nSPS) is 15.2. The monoisotopic (exact) mass is 407 g/mol. The number of nitrogens with two attached hydrogens (primary N) is 1. The molecule has 2 aromatic carbocycles. The van der Waals surface area contributed by atoms with Gasteiger partial charge in [0, 0.05) is 11.5 Å². The molecule has 0 spiro atoms. The van der Waals surface area contributed by atoms with Gasteiger partial charge in [-0.05, 0) is 67.5 Å². The van der Waals surface area contributed by atoms with Gasteiger partial charge in [-0.25, -0.2) is 4.39 Å². The van der Waals surface area contributed by atoms with Crippen LogP contribution in [0.5, 0.6) is 5.75 Å². The van der Waals surface area contributed by atoms with E-state index in [4.69, 9.17) is 16.0 Å². The van der Waals surface area contributed by atoms with E-state index < -0.39 is 0 Å². The summed E-state index contributed by atoms with van der Waals surface area (Å²) in [6, 6.07) is 9.41. The highest BCUT2D eigenvalue weighted by Crippen LogP contribution is 2.31. The van der Waals surface area contributed by atoms with Gasteiger partial charge in [0.25, 0.3) is 0 Å². The maximum atomic E-state index is 13.4. The molecule has 4 N–H and O–H groups in total. The van der Waals surface area contributed by atoms with Crippen molar-refractivity contribution in [2.24, 2.45) is 16.1 Å². The van der Waals surface area contributed by atoms with Crippen molar-refractivity contribution in [2.45, 2.75) is 18.9 Å². The van der Waals surface area contributed by atoms with Crippen LogP contribution in [0.25, 0.3) is 16.2 Å². The van der Waals surface area contributed by atoms with Gasteiger partial charge in [0.05, 0.1) is 5.56 Å². The van der Waals surface area contributed by atoms with Crippen LogP contribution < -0.4 is 15.8 Å². The molecule has 1 fully saturated rings. The second-order valence-electron chi connectivity index (χ2n) is 6.82. The molecule has 9 nitrogen and oxygen atoms in total. The topological polar surface area (TPSA) is 136 Å². The van der Waals surface area contributed by atoms with Crippen LogP contribution in [0.4, 0.5) is 16.0 Å². The molecule has 0 unspecified atom stereocenters. The van der Waals surface area contributed by atoms with Crippen molar-refractivity contribution >= 4 is 28.4 Å². The summed E-state index contributed by atoms with van der Waals surface area (Å²) in [5.74, 6) is 0.407. The highest BCUT2D eigenvalue weighted by molar-refractivity contribution is 6.03. The minimum absolute atomic E-state index is 0.0291. The summed E-state index contributed by atoms with van der Waals surface area (Å²) in [5, 5.41) is 14.9. The van der Waals surface area contributed by atoms with Crippen LogP contribution in [-0.2, 0) is 0 Å². The SMILES string of the molecule is N=N/N=C(\N)c1cc2cnc([N-]c3cccc(F)c3)nc2cc1OC1CCNCC1. The van der Waals surface area contributed by atoms with Crippen LogP contribution in [-0.4, -0.2) is 35.0 Å². The van der Waals surface area contributed by atoms with Crippen LogP contribution in [0.1, 0.15) is 18.4 Å². The fourth-order valence-electron chi connectivity index (χ4n) is 3.26. The van der Waals surface area contributed by atoms with Crippen molar-refractivity contribution in [3.05, 3.63) is 59.3 Å². The van der Waals surface area contributed by atoms with Crippen LogP contribution in [0.3, 0.4) is 0 Å². The first-order valence-electron chi connectivity index (χ1n) is 9.48. The van der Waals surface area contributed by atoms with E-state index in [2.05, 4.69) is 30.9 Å². The molecule has 1 aromatic heterocycles. The molecule has 0 amide bonds. The Labute approximate surface area is 172 Å². The number of nitrogens with one attached hydrogen (secondary N) is 2. The number of benzene rings is 2. The highest BCUT2D eigenvalue weighted by Gasteiger charge is 2.18. The fourth-order valence-corrected chi connectivity index (χ4v) is 3.26.